The first-order valence-electron chi connectivity index (χ1n) is 9.25. The molecule has 0 amide bonds. The smallest absolute Gasteiger partial charge is 0.191 e. The van der Waals surface area contributed by atoms with Crippen LogP contribution < -0.4 is 10.6 Å². The first-order chi connectivity index (χ1) is 12.0. The predicted octanol–water partition coefficient (Wildman–Crippen LogP) is 2.03. The van der Waals surface area contributed by atoms with Crippen molar-refractivity contribution in [2.75, 3.05) is 38.7 Å². The van der Waals surface area contributed by atoms with Crippen molar-refractivity contribution in [1.82, 2.24) is 30.3 Å². The number of guanidine groups is 1. The van der Waals surface area contributed by atoms with Crippen molar-refractivity contribution in [3.05, 3.63) is 11.6 Å². The number of halogens is 1. The van der Waals surface area contributed by atoms with Gasteiger partial charge in [-0.3, -0.25) is 4.99 Å². The summed E-state index contributed by atoms with van der Waals surface area (Å²) >= 11 is 2.03. The summed E-state index contributed by atoms with van der Waals surface area (Å²) in [6.45, 7) is 6.70. The van der Waals surface area contributed by atoms with E-state index in [0.717, 1.165) is 55.8 Å². The van der Waals surface area contributed by atoms with Crippen molar-refractivity contribution < 1.29 is 0 Å². The first kappa shape index (κ1) is 21.7. The van der Waals surface area contributed by atoms with E-state index in [9.17, 15) is 0 Å². The second-order valence-corrected chi connectivity index (χ2v) is 8.30. The zero-order valence-corrected chi connectivity index (χ0v) is 19.4. The molecule has 0 radical (unpaired) electrons. The molecular formula is C17H32IN7S. The minimum absolute atomic E-state index is 0. The van der Waals surface area contributed by atoms with E-state index in [4.69, 9.17) is 4.99 Å². The molecule has 148 valence electrons. The fraction of sp³-hybridized carbons (Fsp3) is 0.824. The Morgan fingerprint density at radius 1 is 1.46 bits per heavy atom. The molecule has 26 heavy (non-hydrogen) atoms. The molecular weight excluding hydrogens is 461 g/mol. The summed E-state index contributed by atoms with van der Waals surface area (Å²) in [4.78, 5) is 11.9. The van der Waals surface area contributed by atoms with E-state index in [2.05, 4.69) is 46.6 Å². The standard InChI is InChI=1S/C17H31N7S.HI/c1-5-18-16(19-11-17(23(3)4)8-10-25-12-17)21-14-7-6-9-24-15(14)20-13(2)22-24;/h14H,5-12H2,1-4H3,(H2,18,19,21);1H. The molecule has 1 aromatic rings. The molecule has 0 aromatic carbocycles. The van der Waals surface area contributed by atoms with Gasteiger partial charge in [0.1, 0.15) is 11.6 Å². The molecule has 9 heteroatoms. The number of hydrogen-bond donors (Lipinski definition) is 2. The fourth-order valence-corrected chi connectivity index (χ4v) is 5.07. The monoisotopic (exact) mass is 493 g/mol. The van der Waals surface area contributed by atoms with Gasteiger partial charge in [0.15, 0.2) is 5.96 Å². The third kappa shape index (κ3) is 4.83. The number of likely N-dealkylation sites (N-methyl/N-ethyl adjacent to an activating group) is 1. The summed E-state index contributed by atoms with van der Waals surface area (Å²) in [7, 11) is 4.35. The molecule has 0 bridgehead atoms. The number of nitrogens with one attached hydrogen (secondary N) is 2. The van der Waals surface area contributed by atoms with Crippen LogP contribution in [0.25, 0.3) is 0 Å². The van der Waals surface area contributed by atoms with E-state index in [-0.39, 0.29) is 35.6 Å². The van der Waals surface area contributed by atoms with Crippen molar-refractivity contribution in [3.63, 3.8) is 0 Å². The van der Waals surface area contributed by atoms with Gasteiger partial charge in [-0.05, 0) is 53.0 Å². The Morgan fingerprint density at radius 3 is 2.92 bits per heavy atom. The Bertz CT molecular complexity index is 610. The quantitative estimate of drug-likeness (QED) is 0.372. The Hall–Kier alpha value is -0.550. The van der Waals surface area contributed by atoms with E-state index < -0.39 is 0 Å². The highest BCUT2D eigenvalue weighted by Gasteiger charge is 2.36. The Balaban J connectivity index is 0.00000243. The van der Waals surface area contributed by atoms with Crippen LogP contribution in [0.4, 0.5) is 0 Å². The van der Waals surface area contributed by atoms with Crippen LogP contribution in [0.15, 0.2) is 4.99 Å². The lowest BCUT2D eigenvalue weighted by atomic mass is 9.98. The number of aryl methyl sites for hydroxylation is 2. The molecule has 0 saturated carbocycles. The van der Waals surface area contributed by atoms with Gasteiger partial charge in [-0.25, -0.2) is 9.67 Å². The largest absolute Gasteiger partial charge is 0.357 e. The molecule has 1 aromatic heterocycles. The van der Waals surface area contributed by atoms with E-state index >= 15 is 0 Å². The SMILES string of the molecule is CCNC(=NCC1(N(C)C)CCSC1)NC1CCCn2nc(C)nc21.I. The summed E-state index contributed by atoms with van der Waals surface area (Å²) in [5, 5.41) is 11.5. The third-order valence-electron chi connectivity index (χ3n) is 5.20. The van der Waals surface area contributed by atoms with Gasteiger partial charge in [0.2, 0.25) is 0 Å². The van der Waals surface area contributed by atoms with Gasteiger partial charge in [0.25, 0.3) is 0 Å². The molecule has 2 atom stereocenters. The minimum Gasteiger partial charge on any atom is -0.357 e. The number of aliphatic imine (C=N–C) groups is 1. The molecule has 2 aliphatic heterocycles. The number of rotatable bonds is 5. The summed E-state index contributed by atoms with van der Waals surface area (Å²) in [6.07, 6.45) is 3.38. The normalized spacial score (nSPS) is 25.7. The summed E-state index contributed by atoms with van der Waals surface area (Å²) < 4.78 is 2.04. The molecule has 7 nitrogen and oxygen atoms in total. The number of thioether (sulfide) groups is 1. The molecule has 3 rings (SSSR count). The molecule has 1 fully saturated rings. The molecule has 2 unspecified atom stereocenters. The van der Waals surface area contributed by atoms with Crippen LogP contribution in [0.5, 0.6) is 0 Å². The number of aromatic nitrogens is 3. The van der Waals surface area contributed by atoms with Crippen LogP contribution in [0, 0.1) is 6.92 Å². The van der Waals surface area contributed by atoms with E-state index in [1.165, 1.54) is 12.2 Å². The Labute approximate surface area is 178 Å². The maximum atomic E-state index is 4.94. The number of hydrogen-bond acceptors (Lipinski definition) is 5. The molecule has 1 saturated heterocycles. The van der Waals surface area contributed by atoms with E-state index in [0.29, 0.717) is 0 Å². The topological polar surface area (TPSA) is 70.4 Å². The molecule has 0 spiro atoms. The lowest BCUT2D eigenvalue weighted by molar-refractivity contribution is 0.190. The van der Waals surface area contributed by atoms with Gasteiger partial charge in [-0.2, -0.15) is 16.9 Å². The van der Waals surface area contributed by atoms with Crippen LogP contribution in [0.2, 0.25) is 0 Å². The highest BCUT2D eigenvalue weighted by Crippen LogP contribution is 2.32. The van der Waals surface area contributed by atoms with Crippen molar-refractivity contribution in [3.8, 4) is 0 Å². The first-order valence-corrected chi connectivity index (χ1v) is 10.4. The van der Waals surface area contributed by atoms with Gasteiger partial charge in [0.05, 0.1) is 12.6 Å². The third-order valence-corrected chi connectivity index (χ3v) is 6.43. The zero-order chi connectivity index (χ0) is 17.9. The van der Waals surface area contributed by atoms with E-state index in [1.54, 1.807) is 0 Å². The van der Waals surface area contributed by atoms with Gasteiger partial charge in [-0.15, -0.1) is 24.0 Å². The van der Waals surface area contributed by atoms with Gasteiger partial charge >= 0.3 is 0 Å². The zero-order valence-electron chi connectivity index (χ0n) is 16.3. The van der Waals surface area contributed by atoms with Crippen LogP contribution in [-0.2, 0) is 6.54 Å². The lowest BCUT2D eigenvalue weighted by Gasteiger charge is -2.34. The van der Waals surface area contributed by atoms with Crippen molar-refractivity contribution in [2.24, 2.45) is 4.99 Å². The van der Waals surface area contributed by atoms with Crippen molar-refractivity contribution >= 4 is 41.7 Å². The number of fused-ring (bicyclic) bond motifs is 1. The van der Waals surface area contributed by atoms with Crippen LogP contribution in [0.3, 0.4) is 0 Å². The maximum Gasteiger partial charge on any atom is 0.191 e. The van der Waals surface area contributed by atoms with E-state index in [1.807, 2.05) is 23.4 Å². The average Bonchev–Trinajstić information content (AvgIpc) is 3.20. The summed E-state index contributed by atoms with van der Waals surface area (Å²) in [5.41, 5.74) is 0.177. The molecule has 2 aliphatic rings. The summed E-state index contributed by atoms with van der Waals surface area (Å²) in [5.74, 6) is 5.15. The summed E-state index contributed by atoms with van der Waals surface area (Å²) in [6, 6.07) is 0.181. The van der Waals surface area contributed by atoms with Crippen molar-refractivity contribution in [2.45, 2.75) is 51.2 Å². The minimum atomic E-state index is 0. The van der Waals surface area contributed by atoms with Crippen LogP contribution in [-0.4, -0.2) is 69.9 Å². The van der Waals surface area contributed by atoms with Gasteiger partial charge in [-0.1, -0.05) is 0 Å². The Morgan fingerprint density at radius 2 is 2.27 bits per heavy atom. The second kappa shape index (κ2) is 9.59. The van der Waals surface area contributed by atoms with Gasteiger partial charge in [0, 0.05) is 24.4 Å². The highest BCUT2D eigenvalue weighted by atomic mass is 127. The predicted molar refractivity (Wildman–Crippen MR) is 120 cm³/mol. The molecule has 2 N–H and O–H groups in total. The number of nitrogens with zero attached hydrogens (tertiary/aromatic N) is 5. The van der Waals surface area contributed by atoms with Crippen molar-refractivity contribution in [1.29, 1.82) is 0 Å². The average molecular weight is 493 g/mol. The van der Waals surface area contributed by atoms with Crippen LogP contribution >= 0.6 is 35.7 Å². The fourth-order valence-electron chi connectivity index (χ4n) is 3.53. The second-order valence-electron chi connectivity index (χ2n) is 7.20. The highest BCUT2D eigenvalue weighted by molar-refractivity contribution is 14.0. The van der Waals surface area contributed by atoms with Crippen LogP contribution in [0.1, 0.15) is 43.9 Å². The maximum absolute atomic E-state index is 4.94. The molecule has 3 heterocycles. The molecule has 0 aliphatic carbocycles. The Kier molecular flexibility index (Phi) is 8.02. The van der Waals surface area contributed by atoms with Gasteiger partial charge < -0.3 is 15.5 Å². The lowest BCUT2D eigenvalue weighted by Crippen LogP contribution is -2.49.